The second-order valence-corrected chi connectivity index (χ2v) is 5.05. The molecule has 0 aromatic rings. The van der Waals surface area contributed by atoms with E-state index in [-0.39, 0.29) is 18.4 Å². The Balaban J connectivity index is 4.08. The van der Waals surface area contributed by atoms with Gasteiger partial charge in [-0.25, -0.2) is 0 Å². The van der Waals surface area contributed by atoms with Gasteiger partial charge in [-0.2, -0.15) is 0 Å². The largest absolute Gasteiger partial charge is 0.468 e. The van der Waals surface area contributed by atoms with E-state index in [4.69, 9.17) is 11.1 Å². The predicted molar refractivity (Wildman–Crippen MR) is 84.5 cm³/mol. The topological polar surface area (TPSA) is 133 Å². The summed E-state index contributed by atoms with van der Waals surface area (Å²) in [5.41, 5.74) is 5.80. The van der Waals surface area contributed by atoms with Gasteiger partial charge >= 0.3 is 5.97 Å². The fraction of sp³-hybridized carbons (Fsp3) is 0.769. The Bertz CT molecular complexity index is 375. The van der Waals surface area contributed by atoms with Crippen molar-refractivity contribution in [2.24, 2.45) is 5.73 Å². The fourth-order valence-electron chi connectivity index (χ4n) is 1.70. The predicted octanol–water partition coefficient (Wildman–Crippen LogP) is -1.94. The van der Waals surface area contributed by atoms with Crippen molar-refractivity contribution >= 4 is 17.8 Å². The third-order valence-electron chi connectivity index (χ3n) is 3.15. The van der Waals surface area contributed by atoms with Crippen molar-refractivity contribution in [1.82, 2.24) is 20.9 Å². The first kappa shape index (κ1) is 20.1. The van der Waals surface area contributed by atoms with E-state index in [1.165, 1.54) is 7.11 Å². The van der Waals surface area contributed by atoms with Gasteiger partial charge in [-0.1, -0.05) is 0 Å². The molecule has 128 valence electrons. The number of nitrogens with two attached hydrogens (primary N) is 1. The lowest BCUT2D eigenvalue weighted by atomic mass is 10.1. The third kappa shape index (κ3) is 7.79. The number of likely N-dealkylation sites (N-methyl/N-ethyl adjacent to an activating group) is 1. The van der Waals surface area contributed by atoms with E-state index in [0.717, 1.165) is 0 Å². The van der Waals surface area contributed by atoms with Crippen LogP contribution in [0.25, 0.3) is 0 Å². The average molecular weight is 316 g/mol. The van der Waals surface area contributed by atoms with Crippen LogP contribution in [-0.4, -0.2) is 76.2 Å². The van der Waals surface area contributed by atoms with Gasteiger partial charge in [0, 0.05) is 20.1 Å². The molecule has 6 N–H and O–H groups in total. The van der Waals surface area contributed by atoms with Gasteiger partial charge in [0.15, 0.2) is 5.96 Å². The van der Waals surface area contributed by atoms with Crippen LogP contribution in [0.4, 0.5) is 0 Å². The minimum atomic E-state index is -0.647. The molecule has 0 aliphatic rings. The summed E-state index contributed by atoms with van der Waals surface area (Å²) in [5.74, 6) is -0.488. The van der Waals surface area contributed by atoms with Gasteiger partial charge in [0.1, 0.15) is 6.04 Å². The van der Waals surface area contributed by atoms with E-state index in [1.807, 2.05) is 0 Å². The number of carbonyl (C=O) groups excluding carboxylic acids is 2. The number of carbonyl (C=O) groups is 2. The number of nitrogens with zero attached hydrogens (tertiary/aromatic N) is 1. The number of methoxy groups -OCH3 is 1. The number of ether oxygens (including phenoxy) is 1. The van der Waals surface area contributed by atoms with E-state index in [2.05, 4.69) is 20.7 Å². The maximum absolute atomic E-state index is 11.9. The number of nitrogens with one attached hydrogen (secondary N) is 4. The molecule has 22 heavy (non-hydrogen) atoms. The van der Waals surface area contributed by atoms with Crippen LogP contribution in [0.5, 0.6) is 0 Å². The van der Waals surface area contributed by atoms with E-state index < -0.39 is 18.1 Å². The van der Waals surface area contributed by atoms with Crippen molar-refractivity contribution in [2.75, 3.05) is 41.3 Å². The highest BCUT2D eigenvalue weighted by Crippen LogP contribution is 1.97. The molecule has 9 nitrogen and oxygen atoms in total. The van der Waals surface area contributed by atoms with E-state index in [9.17, 15) is 9.59 Å². The smallest absolute Gasteiger partial charge is 0.324 e. The van der Waals surface area contributed by atoms with Crippen LogP contribution >= 0.6 is 0 Å². The lowest BCUT2D eigenvalue weighted by Gasteiger charge is -2.22. The van der Waals surface area contributed by atoms with E-state index in [0.29, 0.717) is 19.4 Å². The summed E-state index contributed by atoms with van der Waals surface area (Å²) >= 11 is 0. The molecule has 0 saturated heterocycles. The highest BCUT2D eigenvalue weighted by atomic mass is 16.5. The number of esters is 1. The lowest BCUT2D eigenvalue weighted by Crippen LogP contribution is -2.49. The monoisotopic (exact) mass is 316 g/mol. The first-order chi connectivity index (χ1) is 10.3. The van der Waals surface area contributed by atoms with Crippen molar-refractivity contribution in [2.45, 2.75) is 24.9 Å². The Labute approximate surface area is 131 Å². The maximum atomic E-state index is 11.9. The molecule has 0 aliphatic heterocycles. The molecule has 0 unspecified atom stereocenters. The molecule has 0 aromatic carbocycles. The standard InChI is InChI=1S/C13H28N6O3/c1-16-13(15)17-7-5-6-9(14)11(20)18-8-10(19(2)3)12(21)22-4/h9-10H,5-8,14H2,1-4H3,(H,18,20)(H3,15,16,17)/t9-,10-/m0/s1. The summed E-state index contributed by atoms with van der Waals surface area (Å²) in [6.45, 7) is 0.706. The molecule has 0 bridgehead atoms. The molecule has 0 fully saturated rings. The molecule has 9 heteroatoms. The van der Waals surface area contributed by atoms with Crippen LogP contribution in [0, 0.1) is 5.41 Å². The van der Waals surface area contributed by atoms with Gasteiger partial charge in [-0.05, 0) is 26.9 Å². The van der Waals surface area contributed by atoms with E-state index >= 15 is 0 Å². The zero-order valence-corrected chi connectivity index (χ0v) is 13.7. The quantitative estimate of drug-likeness (QED) is 0.145. The maximum Gasteiger partial charge on any atom is 0.324 e. The van der Waals surface area contributed by atoms with Gasteiger partial charge in [-0.3, -0.25) is 19.9 Å². The van der Waals surface area contributed by atoms with E-state index in [1.54, 1.807) is 26.0 Å². The van der Waals surface area contributed by atoms with Gasteiger partial charge < -0.3 is 26.4 Å². The Morgan fingerprint density at radius 2 is 1.95 bits per heavy atom. The third-order valence-corrected chi connectivity index (χ3v) is 3.15. The highest BCUT2D eigenvalue weighted by molar-refractivity contribution is 5.83. The second kappa shape index (κ2) is 10.8. The molecule has 0 radical (unpaired) electrons. The molecule has 0 saturated carbocycles. The second-order valence-electron chi connectivity index (χ2n) is 5.05. The van der Waals surface area contributed by atoms with Crippen molar-refractivity contribution in [3.05, 3.63) is 0 Å². The molecular weight excluding hydrogens is 288 g/mol. The average Bonchev–Trinajstić information content (AvgIpc) is 2.50. The van der Waals surface area contributed by atoms with Crippen LogP contribution in [0.15, 0.2) is 0 Å². The molecule has 0 rings (SSSR count). The van der Waals surface area contributed by atoms with Crippen LogP contribution in [0.1, 0.15) is 12.8 Å². The lowest BCUT2D eigenvalue weighted by molar-refractivity contribution is -0.145. The van der Waals surface area contributed by atoms with Crippen molar-refractivity contribution < 1.29 is 14.3 Å². The van der Waals surface area contributed by atoms with Crippen LogP contribution in [-0.2, 0) is 14.3 Å². The Hall–Kier alpha value is -1.87. The van der Waals surface area contributed by atoms with Crippen LogP contribution in [0.2, 0.25) is 0 Å². The number of guanidine groups is 1. The number of hydrogen-bond acceptors (Lipinski definition) is 6. The van der Waals surface area contributed by atoms with Crippen molar-refractivity contribution in [3.63, 3.8) is 0 Å². The summed E-state index contributed by atoms with van der Waals surface area (Å²) < 4.78 is 4.68. The normalized spacial score (nSPS) is 13.2. The Kier molecular flexibility index (Phi) is 9.88. The number of hydrogen-bond donors (Lipinski definition) is 5. The summed E-state index contributed by atoms with van der Waals surface area (Å²) in [5, 5.41) is 15.5. The van der Waals surface area contributed by atoms with Crippen LogP contribution in [0.3, 0.4) is 0 Å². The van der Waals surface area contributed by atoms with Gasteiger partial charge in [-0.15, -0.1) is 0 Å². The van der Waals surface area contributed by atoms with Gasteiger partial charge in [0.05, 0.1) is 13.2 Å². The molecule has 1 amide bonds. The van der Waals surface area contributed by atoms with Crippen molar-refractivity contribution in [1.29, 1.82) is 5.41 Å². The Morgan fingerprint density at radius 1 is 1.32 bits per heavy atom. The molecule has 0 spiro atoms. The molecule has 2 atom stereocenters. The zero-order valence-electron chi connectivity index (χ0n) is 13.7. The number of amides is 1. The zero-order chi connectivity index (χ0) is 17.1. The minimum absolute atomic E-state index is 0.148. The first-order valence-corrected chi connectivity index (χ1v) is 7.11. The van der Waals surface area contributed by atoms with Gasteiger partial charge in [0.2, 0.25) is 5.91 Å². The highest BCUT2D eigenvalue weighted by Gasteiger charge is 2.23. The van der Waals surface area contributed by atoms with Crippen molar-refractivity contribution in [3.8, 4) is 0 Å². The van der Waals surface area contributed by atoms with Gasteiger partial charge in [0.25, 0.3) is 0 Å². The minimum Gasteiger partial charge on any atom is -0.468 e. The molecule has 0 aromatic heterocycles. The first-order valence-electron chi connectivity index (χ1n) is 7.11. The number of rotatable bonds is 9. The summed E-state index contributed by atoms with van der Waals surface area (Å²) in [6.07, 6.45) is 1.15. The fourth-order valence-corrected chi connectivity index (χ4v) is 1.70. The molecule has 0 heterocycles. The summed E-state index contributed by atoms with van der Waals surface area (Å²) in [6, 6.07) is -1.19. The Morgan fingerprint density at radius 3 is 2.45 bits per heavy atom. The molecular formula is C13H28N6O3. The SMILES string of the molecule is CNC(=N)NCCC[C@H](N)C(=O)NC[C@@H](C(=O)OC)N(C)C. The van der Waals surface area contributed by atoms with Crippen LogP contribution < -0.4 is 21.7 Å². The summed E-state index contributed by atoms with van der Waals surface area (Å²) in [7, 11) is 6.42. The molecule has 0 aliphatic carbocycles. The summed E-state index contributed by atoms with van der Waals surface area (Å²) in [4.78, 5) is 25.1.